The number of H-pyrrole nitrogens is 2. The molecule has 0 saturated carbocycles. The molecule has 0 aliphatic carbocycles. The standard InChI is InChI=1S/C24H24N2O4S2/c1-13-3-7-19-17(11-13)15(5-9-21(27)28)23(25-19)31-32-24-16(6-10-22(29)30)18-12-14(2)4-8-20(18)26-24/h3-4,7-8,11-12,25-26H,5-6,9-10H2,1-2H3,(H,27,28)(H,29,30). The van der Waals surface area contributed by atoms with Gasteiger partial charge >= 0.3 is 11.9 Å². The second kappa shape index (κ2) is 9.34. The van der Waals surface area contributed by atoms with E-state index in [1.165, 1.54) is 0 Å². The lowest BCUT2D eigenvalue weighted by Gasteiger charge is -2.05. The Morgan fingerprint density at radius 1 is 0.750 bits per heavy atom. The summed E-state index contributed by atoms with van der Waals surface area (Å²) < 4.78 is 0. The smallest absolute Gasteiger partial charge is 0.303 e. The Kier molecular flexibility index (Phi) is 6.53. The number of carboxylic acid groups (broad SMARTS) is 2. The SMILES string of the molecule is Cc1ccc2[nH]c(SSc3[nH]c4ccc(C)cc4c3CCC(=O)O)c(CCC(=O)O)c2c1. The predicted octanol–water partition coefficient (Wildman–Crippen LogP) is 6.10. The third-order valence-corrected chi connectivity index (χ3v) is 7.79. The van der Waals surface area contributed by atoms with Gasteiger partial charge in [0.15, 0.2) is 0 Å². The van der Waals surface area contributed by atoms with E-state index >= 15 is 0 Å². The van der Waals surface area contributed by atoms with Crippen LogP contribution < -0.4 is 0 Å². The summed E-state index contributed by atoms with van der Waals surface area (Å²) in [6, 6.07) is 12.3. The fraction of sp³-hybridized carbons (Fsp3) is 0.250. The van der Waals surface area contributed by atoms with Gasteiger partial charge in [-0.3, -0.25) is 9.59 Å². The zero-order valence-electron chi connectivity index (χ0n) is 17.8. The minimum absolute atomic E-state index is 0.0641. The molecule has 32 heavy (non-hydrogen) atoms. The van der Waals surface area contributed by atoms with Crippen LogP contribution in [0.4, 0.5) is 0 Å². The van der Waals surface area contributed by atoms with Gasteiger partial charge in [-0.15, -0.1) is 0 Å². The van der Waals surface area contributed by atoms with Crippen LogP contribution in [0.5, 0.6) is 0 Å². The van der Waals surface area contributed by atoms with Gasteiger partial charge in [0.25, 0.3) is 0 Å². The molecule has 8 heteroatoms. The number of hydrogen-bond acceptors (Lipinski definition) is 4. The molecule has 166 valence electrons. The fourth-order valence-electron chi connectivity index (χ4n) is 3.86. The van der Waals surface area contributed by atoms with Gasteiger partial charge in [-0.1, -0.05) is 23.3 Å². The van der Waals surface area contributed by atoms with Crippen LogP contribution in [0.1, 0.15) is 35.1 Å². The number of aliphatic carboxylic acids is 2. The maximum Gasteiger partial charge on any atom is 0.303 e. The normalized spacial score (nSPS) is 11.4. The zero-order valence-corrected chi connectivity index (χ0v) is 19.5. The Bertz CT molecular complexity index is 1220. The molecule has 0 bridgehead atoms. The van der Waals surface area contributed by atoms with Crippen molar-refractivity contribution in [1.29, 1.82) is 0 Å². The zero-order chi connectivity index (χ0) is 22.8. The maximum absolute atomic E-state index is 11.2. The second-order valence-electron chi connectivity index (χ2n) is 7.92. The van der Waals surface area contributed by atoms with Gasteiger partial charge in [-0.2, -0.15) is 0 Å². The average molecular weight is 469 g/mol. The number of aryl methyl sites for hydroxylation is 4. The molecule has 0 unspecified atom stereocenters. The van der Waals surface area contributed by atoms with Crippen LogP contribution in [0.15, 0.2) is 46.5 Å². The Hall–Kier alpha value is -2.84. The molecule has 0 spiro atoms. The number of fused-ring (bicyclic) bond motifs is 2. The van der Waals surface area contributed by atoms with E-state index in [0.29, 0.717) is 12.8 Å². The fourth-order valence-corrected chi connectivity index (χ4v) is 6.31. The molecule has 6 nitrogen and oxygen atoms in total. The van der Waals surface area contributed by atoms with Gasteiger partial charge in [0.05, 0.1) is 10.1 Å². The van der Waals surface area contributed by atoms with Crippen molar-refractivity contribution in [2.75, 3.05) is 0 Å². The molecular weight excluding hydrogens is 444 g/mol. The molecule has 2 heterocycles. The van der Waals surface area contributed by atoms with E-state index in [0.717, 1.165) is 54.1 Å². The summed E-state index contributed by atoms with van der Waals surface area (Å²) in [7, 11) is 3.08. The largest absolute Gasteiger partial charge is 0.481 e. The summed E-state index contributed by atoms with van der Waals surface area (Å²) in [6.07, 6.45) is 1.02. The van der Waals surface area contributed by atoms with Crippen molar-refractivity contribution in [1.82, 2.24) is 9.97 Å². The van der Waals surface area contributed by atoms with Crippen LogP contribution in [0.25, 0.3) is 21.8 Å². The Morgan fingerprint density at radius 3 is 1.53 bits per heavy atom. The van der Waals surface area contributed by atoms with E-state index in [-0.39, 0.29) is 12.8 Å². The van der Waals surface area contributed by atoms with Gasteiger partial charge < -0.3 is 20.2 Å². The van der Waals surface area contributed by atoms with Crippen molar-refractivity contribution in [2.45, 2.75) is 49.6 Å². The lowest BCUT2D eigenvalue weighted by Crippen LogP contribution is -1.98. The molecular formula is C24H24N2O4S2. The molecule has 4 aromatic rings. The van der Waals surface area contributed by atoms with Crippen molar-refractivity contribution >= 4 is 55.3 Å². The Morgan fingerprint density at radius 2 is 1.16 bits per heavy atom. The third-order valence-electron chi connectivity index (χ3n) is 5.43. The van der Waals surface area contributed by atoms with Crippen LogP contribution in [0.3, 0.4) is 0 Å². The Labute approximate surface area is 193 Å². The van der Waals surface area contributed by atoms with Crippen LogP contribution in [-0.4, -0.2) is 32.1 Å². The second-order valence-corrected chi connectivity index (χ2v) is 10.1. The van der Waals surface area contributed by atoms with Crippen molar-refractivity contribution < 1.29 is 19.8 Å². The molecule has 0 fully saturated rings. The number of carbonyl (C=O) groups is 2. The van der Waals surface area contributed by atoms with E-state index in [1.807, 2.05) is 38.1 Å². The monoisotopic (exact) mass is 468 g/mol. The van der Waals surface area contributed by atoms with Crippen molar-refractivity contribution in [3.8, 4) is 0 Å². The molecule has 0 atom stereocenters. The number of rotatable bonds is 9. The number of aromatic amines is 2. The van der Waals surface area contributed by atoms with Gasteiger partial charge in [0, 0.05) is 34.6 Å². The van der Waals surface area contributed by atoms with Crippen LogP contribution in [0.2, 0.25) is 0 Å². The summed E-state index contributed by atoms with van der Waals surface area (Å²) in [5.74, 6) is -1.64. The van der Waals surface area contributed by atoms with E-state index in [2.05, 4.69) is 22.1 Å². The summed E-state index contributed by atoms with van der Waals surface area (Å²) in [4.78, 5) is 29.3. The highest BCUT2D eigenvalue weighted by molar-refractivity contribution is 8.76. The highest BCUT2D eigenvalue weighted by atomic mass is 33.1. The quantitative estimate of drug-likeness (QED) is 0.221. The van der Waals surface area contributed by atoms with E-state index in [1.54, 1.807) is 21.6 Å². The molecule has 2 aromatic heterocycles. The summed E-state index contributed by atoms with van der Waals surface area (Å²) in [5, 5.41) is 22.4. The molecule has 4 N–H and O–H groups in total. The number of carboxylic acids is 2. The first-order valence-corrected chi connectivity index (χ1v) is 12.5. The van der Waals surface area contributed by atoms with Crippen molar-refractivity contribution in [2.24, 2.45) is 0 Å². The molecule has 0 radical (unpaired) electrons. The number of hydrogen-bond donors (Lipinski definition) is 4. The first-order chi connectivity index (χ1) is 15.3. The molecule has 2 aromatic carbocycles. The highest BCUT2D eigenvalue weighted by Crippen LogP contribution is 2.44. The topological polar surface area (TPSA) is 106 Å². The van der Waals surface area contributed by atoms with Crippen molar-refractivity contribution in [3.05, 3.63) is 58.7 Å². The minimum Gasteiger partial charge on any atom is -0.481 e. The predicted molar refractivity (Wildman–Crippen MR) is 130 cm³/mol. The summed E-state index contributed by atoms with van der Waals surface area (Å²) in [6.45, 7) is 4.05. The van der Waals surface area contributed by atoms with E-state index in [9.17, 15) is 19.8 Å². The first kappa shape index (κ1) is 22.4. The number of aromatic nitrogens is 2. The highest BCUT2D eigenvalue weighted by Gasteiger charge is 2.18. The summed E-state index contributed by atoms with van der Waals surface area (Å²) in [5.41, 5.74) is 6.22. The summed E-state index contributed by atoms with van der Waals surface area (Å²) >= 11 is 0. The molecule has 4 rings (SSSR count). The van der Waals surface area contributed by atoms with Gasteiger partial charge in [0.2, 0.25) is 0 Å². The minimum atomic E-state index is -0.822. The average Bonchev–Trinajstić information content (AvgIpc) is 3.25. The Balaban J connectivity index is 1.68. The number of nitrogens with one attached hydrogen (secondary N) is 2. The molecule has 0 saturated heterocycles. The lowest BCUT2D eigenvalue weighted by molar-refractivity contribution is -0.138. The number of benzene rings is 2. The van der Waals surface area contributed by atoms with Gasteiger partial charge in [-0.05, 0) is 83.7 Å². The maximum atomic E-state index is 11.2. The van der Waals surface area contributed by atoms with Crippen molar-refractivity contribution in [3.63, 3.8) is 0 Å². The van der Waals surface area contributed by atoms with Crippen LogP contribution in [0, 0.1) is 13.8 Å². The lowest BCUT2D eigenvalue weighted by atomic mass is 10.1. The molecule has 0 amide bonds. The van der Waals surface area contributed by atoms with E-state index in [4.69, 9.17) is 0 Å². The van der Waals surface area contributed by atoms with Gasteiger partial charge in [0.1, 0.15) is 0 Å². The van der Waals surface area contributed by atoms with Gasteiger partial charge in [-0.25, -0.2) is 0 Å². The first-order valence-electron chi connectivity index (χ1n) is 10.3. The van der Waals surface area contributed by atoms with Crippen LogP contribution in [-0.2, 0) is 22.4 Å². The third kappa shape index (κ3) is 4.81. The van der Waals surface area contributed by atoms with Crippen LogP contribution >= 0.6 is 21.6 Å². The molecule has 0 aliphatic heterocycles. The van der Waals surface area contributed by atoms with E-state index < -0.39 is 11.9 Å². The molecule has 0 aliphatic rings.